The lowest BCUT2D eigenvalue weighted by molar-refractivity contribution is -0.127. The molecule has 7 nitrogen and oxygen atoms in total. The van der Waals surface area contributed by atoms with Gasteiger partial charge in [-0.3, -0.25) is 9.59 Å². The number of furan rings is 1. The second kappa shape index (κ2) is 11.6. The molecule has 0 bridgehead atoms. The van der Waals surface area contributed by atoms with Crippen LogP contribution in [0.4, 0.5) is 0 Å². The maximum atomic E-state index is 13.1. The van der Waals surface area contributed by atoms with Gasteiger partial charge in [0.05, 0.1) is 26.5 Å². The SMILES string of the molecule is CCOc1cc(/C=C/C(=O)N(Cc2ccc(C(=O)NC)cc2)Cc2ccco2)ccc1OC. The van der Waals surface area contributed by atoms with E-state index in [0.717, 1.165) is 11.1 Å². The number of methoxy groups -OCH3 is 1. The van der Waals surface area contributed by atoms with Gasteiger partial charge in [-0.15, -0.1) is 0 Å². The van der Waals surface area contributed by atoms with Gasteiger partial charge in [-0.25, -0.2) is 0 Å². The minimum absolute atomic E-state index is 0.154. The molecule has 0 unspecified atom stereocenters. The molecule has 0 spiro atoms. The largest absolute Gasteiger partial charge is 0.493 e. The summed E-state index contributed by atoms with van der Waals surface area (Å²) in [5, 5.41) is 2.60. The maximum Gasteiger partial charge on any atom is 0.251 e. The number of carbonyl (C=O) groups excluding carboxylic acids is 2. The first-order chi connectivity index (χ1) is 16.0. The van der Waals surface area contributed by atoms with E-state index < -0.39 is 0 Å². The fraction of sp³-hybridized carbons (Fsp3) is 0.231. The van der Waals surface area contributed by atoms with Crippen molar-refractivity contribution in [1.82, 2.24) is 10.2 Å². The van der Waals surface area contributed by atoms with E-state index in [4.69, 9.17) is 13.9 Å². The van der Waals surface area contributed by atoms with E-state index in [9.17, 15) is 9.59 Å². The topological polar surface area (TPSA) is 81.0 Å². The van der Waals surface area contributed by atoms with Crippen LogP contribution in [0.3, 0.4) is 0 Å². The highest BCUT2D eigenvalue weighted by molar-refractivity contribution is 5.94. The van der Waals surface area contributed by atoms with Crippen LogP contribution < -0.4 is 14.8 Å². The Kier molecular flexibility index (Phi) is 8.30. The van der Waals surface area contributed by atoms with Gasteiger partial charge in [-0.2, -0.15) is 0 Å². The van der Waals surface area contributed by atoms with Crippen molar-refractivity contribution in [2.75, 3.05) is 20.8 Å². The summed E-state index contributed by atoms with van der Waals surface area (Å²) in [4.78, 5) is 26.5. The van der Waals surface area contributed by atoms with E-state index in [1.807, 2.05) is 43.3 Å². The predicted molar refractivity (Wildman–Crippen MR) is 126 cm³/mol. The number of hydrogen-bond donors (Lipinski definition) is 1. The van der Waals surface area contributed by atoms with E-state index in [-0.39, 0.29) is 11.8 Å². The zero-order valence-corrected chi connectivity index (χ0v) is 19.0. The number of nitrogens with one attached hydrogen (secondary N) is 1. The fourth-order valence-corrected chi connectivity index (χ4v) is 3.27. The van der Waals surface area contributed by atoms with Crippen LogP contribution in [0.5, 0.6) is 11.5 Å². The Morgan fingerprint density at radius 2 is 1.85 bits per heavy atom. The van der Waals surface area contributed by atoms with Gasteiger partial charge in [0.2, 0.25) is 5.91 Å². The minimum atomic E-state index is -0.171. The van der Waals surface area contributed by atoms with Gasteiger partial charge in [-0.05, 0) is 60.5 Å². The Bertz CT molecular complexity index is 1090. The highest BCUT2D eigenvalue weighted by atomic mass is 16.5. The zero-order valence-electron chi connectivity index (χ0n) is 19.0. The molecule has 0 fully saturated rings. The third kappa shape index (κ3) is 6.49. The van der Waals surface area contributed by atoms with Gasteiger partial charge in [0, 0.05) is 25.2 Å². The fourth-order valence-electron chi connectivity index (χ4n) is 3.27. The van der Waals surface area contributed by atoms with Crippen molar-refractivity contribution in [3.63, 3.8) is 0 Å². The molecule has 2 aromatic carbocycles. The lowest BCUT2D eigenvalue weighted by Crippen LogP contribution is -2.28. The van der Waals surface area contributed by atoms with E-state index in [2.05, 4.69) is 5.32 Å². The standard InChI is InChI=1S/C26H28N2O5/c1-4-32-24-16-19(9-13-23(24)31-3)10-14-25(29)28(18-22-6-5-15-33-22)17-20-7-11-21(12-8-20)26(30)27-2/h5-16H,4,17-18H2,1-3H3,(H,27,30)/b14-10+. The van der Waals surface area contributed by atoms with E-state index in [0.29, 0.717) is 42.5 Å². The Hall–Kier alpha value is -4.00. The number of hydrogen-bond acceptors (Lipinski definition) is 5. The van der Waals surface area contributed by atoms with Crippen molar-refractivity contribution in [3.05, 3.63) is 89.4 Å². The highest BCUT2D eigenvalue weighted by Gasteiger charge is 2.15. The van der Waals surface area contributed by atoms with Crippen molar-refractivity contribution in [2.45, 2.75) is 20.0 Å². The smallest absolute Gasteiger partial charge is 0.251 e. The molecule has 1 N–H and O–H groups in total. The Morgan fingerprint density at radius 1 is 1.06 bits per heavy atom. The normalized spacial score (nSPS) is 10.8. The molecule has 0 aliphatic rings. The highest BCUT2D eigenvalue weighted by Crippen LogP contribution is 2.28. The van der Waals surface area contributed by atoms with Crippen molar-refractivity contribution in [2.24, 2.45) is 0 Å². The van der Waals surface area contributed by atoms with Gasteiger partial charge < -0.3 is 24.1 Å². The first-order valence-electron chi connectivity index (χ1n) is 10.6. The van der Waals surface area contributed by atoms with Crippen LogP contribution in [0.25, 0.3) is 6.08 Å². The molecule has 0 aliphatic carbocycles. The molecule has 2 amide bonds. The number of carbonyl (C=O) groups is 2. The van der Waals surface area contributed by atoms with Crippen LogP contribution in [0.2, 0.25) is 0 Å². The minimum Gasteiger partial charge on any atom is -0.493 e. The van der Waals surface area contributed by atoms with E-state index >= 15 is 0 Å². The molecule has 0 aliphatic heterocycles. The second-order valence-corrected chi connectivity index (χ2v) is 7.23. The summed E-state index contributed by atoms with van der Waals surface area (Å²) in [6, 6.07) is 16.3. The average molecular weight is 449 g/mol. The molecule has 1 heterocycles. The van der Waals surface area contributed by atoms with Gasteiger partial charge in [0.1, 0.15) is 5.76 Å². The third-order valence-electron chi connectivity index (χ3n) is 4.96. The molecular weight excluding hydrogens is 420 g/mol. The molecule has 0 saturated heterocycles. The van der Waals surface area contributed by atoms with Gasteiger partial charge in [0.25, 0.3) is 5.91 Å². The lowest BCUT2D eigenvalue weighted by atomic mass is 10.1. The summed E-state index contributed by atoms with van der Waals surface area (Å²) in [5.41, 5.74) is 2.29. The molecule has 0 saturated carbocycles. The molecule has 0 radical (unpaired) electrons. The summed E-state index contributed by atoms with van der Waals surface area (Å²) in [7, 11) is 3.18. The number of benzene rings is 2. The van der Waals surface area contributed by atoms with Gasteiger partial charge >= 0.3 is 0 Å². The zero-order chi connectivity index (χ0) is 23.6. The maximum absolute atomic E-state index is 13.1. The summed E-state index contributed by atoms with van der Waals surface area (Å²) >= 11 is 0. The number of amides is 2. The number of nitrogens with zero attached hydrogens (tertiary/aromatic N) is 1. The molecule has 7 heteroatoms. The van der Waals surface area contributed by atoms with Crippen molar-refractivity contribution >= 4 is 17.9 Å². The van der Waals surface area contributed by atoms with E-state index in [1.165, 1.54) is 6.08 Å². The molecule has 3 aromatic rings. The average Bonchev–Trinajstić information content (AvgIpc) is 3.35. The lowest BCUT2D eigenvalue weighted by Gasteiger charge is -2.20. The van der Waals surface area contributed by atoms with Crippen LogP contribution in [-0.4, -0.2) is 37.5 Å². The molecule has 1 aromatic heterocycles. The second-order valence-electron chi connectivity index (χ2n) is 7.23. The van der Waals surface area contributed by atoms with Crippen molar-refractivity contribution in [1.29, 1.82) is 0 Å². The van der Waals surface area contributed by atoms with Crippen LogP contribution >= 0.6 is 0 Å². The molecule has 0 atom stereocenters. The summed E-state index contributed by atoms with van der Waals surface area (Å²) < 4.78 is 16.4. The first-order valence-corrected chi connectivity index (χ1v) is 10.6. The summed E-state index contributed by atoms with van der Waals surface area (Å²) in [6.45, 7) is 3.10. The first kappa shape index (κ1) is 23.7. The van der Waals surface area contributed by atoms with Crippen molar-refractivity contribution in [3.8, 4) is 11.5 Å². The third-order valence-corrected chi connectivity index (χ3v) is 4.96. The van der Waals surface area contributed by atoms with Crippen LogP contribution in [0.15, 0.2) is 71.4 Å². The van der Waals surface area contributed by atoms with Crippen molar-refractivity contribution < 1.29 is 23.5 Å². The van der Waals surface area contributed by atoms with Crippen LogP contribution in [0, 0.1) is 0 Å². The Balaban J connectivity index is 1.78. The van der Waals surface area contributed by atoms with E-state index in [1.54, 1.807) is 49.6 Å². The molecule has 33 heavy (non-hydrogen) atoms. The molecular formula is C26H28N2O5. The van der Waals surface area contributed by atoms with Crippen LogP contribution in [0.1, 0.15) is 34.2 Å². The quantitative estimate of drug-likeness (QED) is 0.468. The Labute approximate surface area is 193 Å². The van der Waals surface area contributed by atoms with Gasteiger partial charge in [-0.1, -0.05) is 18.2 Å². The number of ether oxygens (including phenoxy) is 2. The van der Waals surface area contributed by atoms with Crippen LogP contribution in [-0.2, 0) is 17.9 Å². The predicted octanol–water partition coefficient (Wildman–Crippen LogP) is 4.29. The summed E-state index contributed by atoms with van der Waals surface area (Å²) in [5.74, 6) is 1.62. The summed E-state index contributed by atoms with van der Waals surface area (Å²) in [6.07, 6.45) is 4.85. The Morgan fingerprint density at radius 3 is 2.48 bits per heavy atom. The molecule has 3 rings (SSSR count). The molecule has 172 valence electrons. The monoisotopic (exact) mass is 448 g/mol. The van der Waals surface area contributed by atoms with Gasteiger partial charge in [0.15, 0.2) is 11.5 Å². The number of rotatable bonds is 10.